The zero-order chi connectivity index (χ0) is 31.4. The molecule has 1 aliphatic carbocycles. The van der Waals surface area contributed by atoms with Crippen molar-refractivity contribution in [3.8, 4) is 32.3 Å². The van der Waals surface area contributed by atoms with Crippen LogP contribution in [0.25, 0.3) is 32.8 Å². The number of rotatable bonds is 7. The summed E-state index contributed by atoms with van der Waals surface area (Å²) in [5.74, 6) is 3.37. The molecule has 234 valence electrons. The average molecular weight is 832 g/mol. The topological polar surface area (TPSA) is 83.0 Å². The Balaban J connectivity index is 1.24. The molecule has 0 amide bonds. The molecule has 2 N–H and O–H groups in total. The van der Waals surface area contributed by atoms with E-state index < -0.39 is 5.82 Å². The van der Waals surface area contributed by atoms with Gasteiger partial charge in [-0.15, -0.1) is 0 Å². The maximum atomic E-state index is 16.5. The maximum absolute atomic E-state index is 16.5. The summed E-state index contributed by atoms with van der Waals surface area (Å²) in [7, 11) is 0. The fourth-order valence-electron chi connectivity index (χ4n) is 7.45. The number of nitrogens with one attached hydrogen (secondary N) is 1. The van der Waals surface area contributed by atoms with E-state index in [4.69, 9.17) is 31.0 Å². The van der Waals surface area contributed by atoms with Gasteiger partial charge in [0.1, 0.15) is 0 Å². The molecule has 4 fully saturated rings. The molecule has 4 aromatic rings. The second-order valence-electron chi connectivity index (χ2n) is 13.2. The van der Waals surface area contributed by atoms with Gasteiger partial charge in [-0.25, -0.2) is 0 Å². The van der Waals surface area contributed by atoms with Gasteiger partial charge in [0, 0.05) is 37.1 Å². The third-order valence-electron chi connectivity index (χ3n) is 9.92. The number of hydrogen-bond donors (Lipinski definition) is 2. The zero-order valence-corrected chi connectivity index (χ0v) is 30.7. The number of nitrogens with zero attached hydrogens (tertiary/aromatic N) is 4. The summed E-state index contributed by atoms with van der Waals surface area (Å²) >= 11 is 7.69. The van der Waals surface area contributed by atoms with Gasteiger partial charge in [-0.1, -0.05) is 0 Å². The second-order valence-corrected chi connectivity index (χ2v) is 14.7. The van der Waals surface area contributed by atoms with E-state index in [1.54, 1.807) is 12.1 Å². The van der Waals surface area contributed by atoms with Crippen molar-refractivity contribution in [1.29, 1.82) is 0 Å². The van der Waals surface area contributed by atoms with E-state index in [2.05, 4.69) is 24.5 Å². The molecule has 46 heavy (non-hydrogen) atoms. The third kappa shape index (κ3) is 5.81. The number of phenols is 1. The molecular formula is C35H34ClFN5O3Tl. The van der Waals surface area contributed by atoms with Crippen LogP contribution in [0, 0.1) is 20.6 Å². The standard InChI is InChI=1S/C35H34ClFN5O3.Tl/c1-2-21-4-3-5-22-14-25(43)15-26(29(21)22)30-28(37)16-27-32(31(30)36)39-34(40-33(27)42-17-23-6-7-24(18-42)38-23)45-20-35(8-9-35)19-41-10-12-44-13-11-41;/h3-5,14-16,23-24,38,43H,6-13,17-20H2;. The molecule has 11 heteroatoms. The number of anilines is 1. The van der Waals surface area contributed by atoms with E-state index in [-0.39, 0.29) is 27.8 Å². The molecule has 4 aliphatic rings. The van der Waals surface area contributed by atoms with E-state index >= 15 is 4.39 Å². The van der Waals surface area contributed by atoms with Crippen LogP contribution in [-0.2, 0) is 4.74 Å². The normalized spacial score (nSPS) is 22.2. The summed E-state index contributed by atoms with van der Waals surface area (Å²) in [6.45, 7) is 6.41. The first kappa shape index (κ1) is 30.6. The number of aromatic hydroxyl groups is 1. The first-order valence-electron chi connectivity index (χ1n) is 16.0. The molecule has 1 aromatic heterocycles. The molecule has 2 bridgehead atoms. The fraction of sp³-hybridized carbons (Fsp3) is 0.429. The van der Waals surface area contributed by atoms with Gasteiger partial charge in [-0.2, -0.15) is 0 Å². The minimum atomic E-state index is -0.501. The van der Waals surface area contributed by atoms with Crippen LogP contribution >= 0.6 is 11.6 Å². The van der Waals surface area contributed by atoms with Gasteiger partial charge in [0.15, 0.2) is 0 Å². The van der Waals surface area contributed by atoms with Crippen molar-refractivity contribution >= 4 is 64.9 Å². The van der Waals surface area contributed by atoms with E-state index in [1.807, 2.05) is 18.2 Å². The van der Waals surface area contributed by atoms with Gasteiger partial charge < -0.3 is 10.1 Å². The molecule has 4 heterocycles. The molecule has 3 aromatic carbocycles. The van der Waals surface area contributed by atoms with Crippen LogP contribution in [-0.4, -0.2) is 110 Å². The van der Waals surface area contributed by atoms with Gasteiger partial charge in [0.05, 0.1) is 13.2 Å². The van der Waals surface area contributed by atoms with Crippen LogP contribution < -0.4 is 15.0 Å². The Labute approximate surface area is 288 Å². The van der Waals surface area contributed by atoms with Crippen LogP contribution in [0.3, 0.4) is 0 Å². The number of benzene rings is 3. The fourth-order valence-corrected chi connectivity index (χ4v) is 8.39. The van der Waals surface area contributed by atoms with E-state index in [0.29, 0.717) is 66.7 Å². The van der Waals surface area contributed by atoms with Crippen LogP contribution in [0.5, 0.6) is 11.8 Å². The van der Waals surface area contributed by atoms with E-state index in [9.17, 15) is 5.11 Å². The number of morpholine rings is 1. The molecule has 8 nitrogen and oxygen atoms in total. The molecule has 0 spiro atoms. The van der Waals surface area contributed by atoms with Crippen molar-refractivity contribution in [2.24, 2.45) is 5.41 Å². The Bertz CT molecular complexity index is 1890. The third-order valence-corrected chi connectivity index (χ3v) is 10.9. The summed E-state index contributed by atoms with van der Waals surface area (Å²) < 4.78 is 31.6. The Morgan fingerprint density at radius 3 is 2.65 bits per heavy atom. The molecule has 8 rings (SSSR count). The number of fused-ring (bicyclic) bond motifs is 4. The van der Waals surface area contributed by atoms with Gasteiger partial charge in [0.2, 0.25) is 0 Å². The SMILES string of the molecule is Oc1cc(-c2c(F)cc3c(N4CC5CCC(C4)N5)nc(OCC4(CN5CCOCC5)CC4)nc3c2Cl)c2c(C#[C][Tl])cccc2c1. The van der Waals surface area contributed by atoms with Crippen molar-refractivity contribution < 1.29 is 19.0 Å². The minimum absolute atomic E-state index is 0.0228. The Hall–Kier alpha value is -2.76. The Morgan fingerprint density at radius 1 is 1.13 bits per heavy atom. The molecule has 0 radical (unpaired) electrons. The predicted molar refractivity (Wildman–Crippen MR) is 178 cm³/mol. The number of halogens is 2. The molecule has 3 aliphatic heterocycles. The quantitative estimate of drug-likeness (QED) is 0.202. The van der Waals surface area contributed by atoms with Crippen LogP contribution in [0.2, 0.25) is 5.02 Å². The summed E-state index contributed by atoms with van der Waals surface area (Å²) in [6, 6.07) is 11.4. The first-order valence-corrected chi connectivity index (χ1v) is 18.6. The second kappa shape index (κ2) is 12.4. The monoisotopic (exact) mass is 831 g/mol. The number of piperazine rings is 1. The molecule has 1 saturated carbocycles. The van der Waals surface area contributed by atoms with Crippen molar-refractivity contribution in [3.63, 3.8) is 0 Å². The predicted octanol–water partition coefficient (Wildman–Crippen LogP) is 4.86. The first-order chi connectivity index (χ1) is 22.4. The summed E-state index contributed by atoms with van der Waals surface area (Å²) in [5, 5.41) is 16.6. The van der Waals surface area contributed by atoms with Gasteiger partial charge >= 0.3 is 199 Å². The molecular weight excluding hydrogens is 797 g/mol. The van der Waals surface area contributed by atoms with Gasteiger partial charge in [-0.3, -0.25) is 4.90 Å². The molecule has 2 unspecified atom stereocenters. The van der Waals surface area contributed by atoms with E-state index in [1.165, 1.54) is 6.07 Å². The van der Waals surface area contributed by atoms with Crippen molar-refractivity contribution in [1.82, 2.24) is 20.2 Å². The van der Waals surface area contributed by atoms with Gasteiger partial charge in [0.25, 0.3) is 0 Å². The van der Waals surface area contributed by atoms with Crippen molar-refractivity contribution in [2.75, 3.05) is 57.4 Å². The zero-order valence-electron chi connectivity index (χ0n) is 25.5. The van der Waals surface area contributed by atoms with Crippen molar-refractivity contribution in [3.05, 3.63) is 52.8 Å². The average Bonchev–Trinajstić information content (AvgIpc) is 3.73. The Morgan fingerprint density at radius 2 is 1.91 bits per heavy atom. The number of hydrogen-bond acceptors (Lipinski definition) is 8. The molecule has 3 saturated heterocycles. The van der Waals surface area contributed by atoms with Gasteiger partial charge in [-0.05, 0) is 25.7 Å². The number of phenolic OH excluding ortho intramolecular Hbond substituents is 1. The van der Waals surface area contributed by atoms with Crippen LogP contribution in [0.4, 0.5) is 10.2 Å². The van der Waals surface area contributed by atoms with Crippen LogP contribution in [0.1, 0.15) is 31.2 Å². The van der Waals surface area contributed by atoms with Crippen molar-refractivity contribution in [2.45, 2.75) is 37.8 Å². The number of ether oxygens (including phenoxy) is 2. The summed E-state index contributed by atoms with van der Waals surface area (Å²) in [4.78, 5) is 14.5. The van der Waals surface area contributed by atoms with E-state index in [0.717, 1.165) is 88.0 Å². The number of aromatic nitrogens is 2. The molecule has 2 atom stereocenters. The summed E-state index contributed by atoms with van der Waals surface area (Å²) in [6.07, 6.45) is 4.40. The summed E-state index contributed by atoms with van der Waals surface area (Å²) in [5.41, 5.74) is 1.94. The Kier molecular flexibility index (Phi) is 8.21. The van der Waals surface area contributed by atoms with Crippen LogP contribution in [0.15, 0.2) is 36.4 Å².